The number of halogens is 1. The number of hydrogen-bond donors (Lipinski definition) is 2. The fraction of sp³-hybridized carbons (Fsp3) is 0.130. The van der Waals surface area contributed by atoms with Gasteiger partial charge in [0.15, 0.2) is 0 Å². The first-order chi connectivity index (χ1) is 15.6. The summed E-state index contributed by atoms with van der Waals surface area (Å²) < 4.78 is 32.3. The lowest BCUT2D eigenvalue weighted by atomic mass is 10.2. The smallest absolute Gasteiger partial charge is 0.344 e. The van der Waals surface area contributed by atoms with Crippen LogP contribution in [-0.2, 0) is 10.0 Å². The first kappa shape index (κ1) is 24.1. The highest BCUT2D eigenvalue weighted by molar-refractivity contribution is 7.93. The molecule has 0 atom stereocenters. The number of carbonyl (C=O) groups is 2. The number of anilines is 2. The fourth-order valence-corrected chi connectivity index (χ4v) is 4.44. The summed E-state index contributed by atoms with van der Waals surface area (Å²) in [4.78, 5) is 25.4. The highest BCUT2D eigenvalue weighted by Crippen LogP contribution is 2.26. The summed E-state index contributed by atoms with van der Waals surface area (Å²) >= 11 is 5.91. The highest BCUT2D eigenvalue weighted by atomic mass is 35.5. The van der Waals surface area contributed by atoms with Crippen LogP contribution in [0, 0.1) is 13.8 Å². The molecule has 3 aromatic rings. The number of benzene rings is 3. The van der Waals surface area contributed by atoms with Crippen molar-refractivity contribution in [2.24, 2.45) is 0 Å². The number of sulfonamides is 1. The van der Waals surface area contributed by atoms with Crippen molar-refractivity contribution in [1.29, 1.82) is 0 Å². The molecule has 3 aromatic carbocycles. The monoisotopic (exact) mass is 487 g/mol. The Bertz CT molecular complexity index is 1280. The zero-order valence-electron chi connectivity index (χ0n) is 18.1. The first-order valence-corrected chi connectivity index (χ1v) is 11.6. The third-order valence-electron chi connectivity index (χ3n) is 4.71. The molecule has 8 nitrogen and oxygen atoms in total. The van der Waals surface area contributed by atoms with Gasteiger partial charge in [0.05, 0.1) is 17.7 Å². The Morgan fingerprint density at radius 3 is 2.15 bits per heavy atom. The van der Waals surface area contributed by atoms with Gasteiger partial charge < -0.3 is 10.1 Å². The summed E-state index contributed by atoms with van der Waals surface area (Å²) in [5.74, 6) is 0.604. The molecule has 0 heterocycles. The molecular formula is C23H22ClN3O5S. The molecule has 0 fully saturated rings. The molecule has 0 radical (unpaired) electrons. The van der Waals surface area contributed by atoms with Crippen molar-refractivity contribution in [3.63, 3.8) is 0 Å². The first-order valence-electron chi connectivity index (χ1n) is 9.76. The van der Waals surface area contributed by atoms with Crippen molar-refractivity contribution >= 4 is 45.1 Å². The maximum atomic E-state index is 13.3. The van der Waals surface area contributed by atoms with Gasteiger partial charge in [0.2, 0.25) is 0 Å². The molecule has 4 amide bonds. The predicted molar refractivity (Wildman–Crippen MR) is 128 cm³/mol. The molecule has 0 aromatic heterocycles. The van der Waals surface area contributed by atoms with Gasteiger partial charge in [-0.1, -0.05) is 29.3 Å². The summed E-state index contributed by atoms with van der Waals surface area (Å²) in [7, 11) is -2.82. The van der Waals surface area contributed by atoms with E-state index in [-0.39, 0.29) is 10.6 Å². The number of ether oxygens (including phenoxy) is 1. The van der Waals surface area contributed by atoms with Crippen LogP contribution in [0.3, 0.4) is 0 Å². The molecule has 0 saturated carbocycles. The quantitative estimate of drug-likeness (QED) is 0.520. The largest absolute Gasteiger partial charge is 0.497 e. The third-order valence-corrected chi connectivity index (χ3v) is 6.68. The Balaban J connectivity index is 1.90. The van der Waals surface area contributed by atoms with Crippen LogP contribution in [0.2, 0.25) is 5.02 Å². The van der Waals surface area contributed by atoms with Crippen LogP contribution >= 0.6 is 11.6 Å². The van der Waals surface area contributed by atoms with Crippen LogP contribution in [0.5, 0.6) is 5.75 Å². The summed E-state index contributed by atoms with van der Waals surface area (Å²) in [6, 6.07) is 14.6. The number of urea groups is 2. The number of methoxy groups -OCH3 is 1. The molecule has 2 N–H and O–H groups in total. The molecule has 0 aliphatic rings. The lowest BCUT2D eigenvalue weighted by molar-refractivity contribution is 0.238. The van der Waals surface area contributed by atoms with E-state index in [1.165, 1.54) is 43.5 Å². The van der Waals surface area contributed by atoms with Crippen molar-refractivity contribution in [2.45, 2.75) is 18.7 Å². The molecule has 0 aliphatic carbocycles. The Morgan fingerprint density at radius 2 is 1.58 bits per heavy atom. The molecular weight excluding hydrogens is 466 g/mol. The van der Waals surface area contributed by atoms with Crippen LogP contribution in [0.1, 0.15) is 11.1 Å². The third kappa shape index (κ3) is 5.63. The van der Waals surface area contributed by atoms with Crippen molar-refractivity contribution in [2.75, 3.05) is 16.7 Å². The number of nitrogens with one attached hydrogen (secondary N) is 2. The second-order valence-corrected chi connectivity index (χ2v) is 9.35. The van der Waals surface area contributed by atoms with Crippen LogP contribution in [-0.4, -0.2) is 27.6 Å². The topological polar surface area (TPSA) is 105 Å². The number of nitrogens with zero attached hydrogens (tertiary/aromatic N) is 1. The minimum absolute atomic E-state index is 0.0194. The average Bonchev–Trinajstić information content (AvgIpc) is 2.76. The van der Waals surface area contributed by atoms with Crippen LogP contribution in [0.4, 0.5) is 21.0 Å². The standard InChI is InChI=1S/C23H22ClN3O5S/c1-15-4-11-20(12-5-15)33(30,31)27(18-8-6-17(24)7-9-18)23(29)26-22(28)25-21-13-10-19(32-3)14-16(21)2/h4-14H,1-3H3,(H2,25,26,28,29). The van der Waals surface area contributed by atoms with E-state index in [0.29, 0.717) is 26.3 Å². The van der Waals surface area contributed by atoms with Gasteiger partial charge in [-0.05, 0) is 74.0 Å². The Labute approximate surface area is 197 Å². The molecule has 172 valence electrons. The van der Waals surface area contributed by atoms with E-state index in [1.807, 2.05) is 6.92 Å². The zero-order valence-corrected chi connectivity index (χ0v) is 19.7. The summed E-state index contributed by atoms with van der Waals surface area (Å²) in [5, 5.41) is 4.98. The number of imide groups is 1. The number of hydrogen-bond acceptors (Lipinski definition) is 5. The molecule has 0 saturated heterocycles. The number of rotatable bonds is 5. The van der Waals surface area contributed by atoms with Gasteiger partial charge in [0.1, 0.15) is 5.75 Å². The minimum Gasteiger partial charge on any atom is -0.497 e. The van der Waals surface area contributed by atoms with Crippen molar-refractivity contribution in [3.05, 3.63) is 82.9 Å². The molecule has 33 heavy (non-hydrogen) atoms. The van der Waals surface area contributed by atoms with Gasteiger partial charge in [-0.3, -0.25) is 5.32 Å². The van der Waals surface area contributed by atoms with Gasteiger partial charge in [-0.15, -0.1) is 0 Å². The Kier molecular flexibility index (Phi) is 7.25. The van der Waals surface area contributed by atoms with Gasteiger partial charge in [0, 0.05) is 10.7 Å². The van der Waals surface area contributed by atoms with E-state index in [1.54, 1.807) is 37.3 Å². The second kappa shape index (κ2) is 9.93. The molecule has 0 unspecified atom stereocenters. The van der Waals surface area contributed by atoms with E-state index >= 15 is 0 Å². The van der Waals surface area contributed by atoms with Crippen LogP contribution in [0.25, 0.3) is 0 Å². The molecule has 3 rings (SSSR count). The fourth-order valence-electron chi connectivity index (χ4n) is 2.96. The number of amides is 4. The van der Waals surface area contributed by atoms with Gasteiger partial charge in [0.25, 0.3) is 10.0 Å². The van der Waals surface area contributed by atoms with Crippen molar-refractivity contribution in [1.82, 2.24) is 5.32 Å². The lowest BCUT2D eigenvalue weighted by Gasteiger charge is -2.23. The van der Waals surface area contributed by atoms with Crippen LogP contribution < -0.4 is 19.7 Å². The lowest BCUT2D eigenvalue weighted by Crippen LogP contribution is -2.47. The van der Waals surface area contributed by atoms with Gasteiger partial charge >= 0.3 is 12.1 Å². The van der Waals surface area contributed by atoms with Gasteiger partial charge in [-0.2, -0.15) is 4.31 Å². The van der Waals surface area contributed by atoms with Crippen molar-refractivity contribution < 1.29 is 22.7 Å². The maximum absolute atomic E-state index is 13.3. The van der Waals surface area contributed by atoms with Crippen molar-refractivity contribution in [3.8, 4) is 5.75 Å². The second-order valence-electron chi connectivity index (χ2n) is 7.12. The Hall–Kier alpha value is -3.56. The predicted octanol–water partition coefficient (Wildman–Crippen LogP) is 5.10. The van der Waals surface area contributed by atoms with E-state index < -0.39 is 22.1 Å². The highest BCUT2D eigenvalue weighted by Gasteiger charge is 2.32. The maximum Gasteiger partial charge on any atom is 0.344 e. The normalized spacial score (nSPS) is 10.9. The summed E-state index contributed by atoms with van der Waals surface area (Å²) in [6.45, 7) is 3.56. The van der Waals surface area contributed by atoms with E-state index in [0.717, 1.165) is 5.56 Å². The molecule has 0 aliphatic heterocycles. The summed E-state index contributed by atoms with van der Waals surface area (Å²) in [5.41, 5.74) is 2.00. The van der Waals surface area contributed by atoms with E-state index in [4.69, 9.17) is 16.3 Å². The molecule has 0 bridgehead atoms. The zero-order chi connectivity index (χ0) is 24.2. The molecule has 0 spiro atoms. The average molecular weight is 488 g/mol. The number of aryl methyl sites for hydroxylation is 2. The number of carbonyl (C=O) groups excluding carboxylic acids is 2. The van der Waals surface area contributed by atoms with Crippen LogP contribution in [0.15, 0.2) is 71.6 Å². The Morgan fingerprint density at radius 1 is 0.939 bits per heavy atom. The molecule has 10 heteroatoms. The SMILES string of the molecule is COc1ccc(NC(=O)NC(=O)N(c2ccc(Cl)cc2)S(=O)(=O)c2ccc(C)cc2)c(C)c1. The van der Waals surface area contributed by atoms with Gasteiger partial charge in [-0.25, -0.2) is 18.0 Å². The minimum atomic E-state index is -4.34. The summed E-state index contributed by atoms with van der Waals surface area (Å²) in [6.07, 6.45) is 0. The van der Waals surface area contributed by atoms with E-state index in [2.05, 4.69) is 10.6 Å². The van der Waals surface area contributed by atoms with E-state index in [9.17, 15) is 18.0 Å².